The van der Waals surface area contributed by atoms with Crippen molar-refractivity contribution in [1.29, 1.82) is 0 Å². The average Bonchev–Trinajstić information content (AvgIpc) is 2.95. The highest BCUT2D eigenvalue weighted by Gasteiger charge is 2.34. The molecule has 0 radical (unpaired) electrons. The zero-order chi connectivity index (χ0) is 18.7. The van der Waals surface area contributed by atoms with Crippen molar-refractivity contribution in [1.82, 2.24) is 9.88 Å². The molecule has 1 amide bonds. The lowest BCUT2D eigenvalue weighted by Crippen LogP contribution is -2.41. The molecule has 2 heterocycles. The van der Waals surface area contributed by atoms with Crippen LogP contribution in [-0.4, -0.2) is 48.3 Å². The number of carbonyl (C=O) groups is 1. The van der Waals surface area contributed by atoms with Gasteiger partial charge in [-0.1, -0.05) is 12.1 Å². The third-order valence-corrected chi connectivity index (χ3v) is 6.29. The summed E-state index contributed by atoms with van der Waals surface area (Å²) >= 11 is 0. The van der Waals surface area contributed by atoms with Crippen molar-refractivity contribution >= 4 is 27.1 Å². The molecule has 1 aromatic heterocycles. The number of anilines is 2. The Kier molecular flexibility index (Phi) is 5.27. The predicted octanol–water partition coefficient (Wildman–Crippen LogP) is 2.78. The van der Waals surface area contributed by atoms with Crippen LogP contribution in [0, 0.1) is 6.92 Å². The van der Waals surface area contributed by atoms with E-state index in [0.29, 0.717) is 18.7 Å². The number of aromatic nitrogens is 1. The number of rotatable bonds is 5. The van der Waals surface area contributed by atoms with Crippen molar-refractivity contribution in [2.45, 2.75) is 26.3 Å². The van der Waals surface area contributed by atoms with E-state index in [0.717, 1.165) is 16.9 Å². The Morgan fingerprint density at radius 1 is 1.27 bits per heavy atom. The van der Waals surface area contributed by atoms with Gasteiger partial charge in [0.25, 0.3) is 5.91 Å². The van der Waals surface area contributed by atoms with Gasteiger partial charge in [-0.3, -0.25) is 9.78 Å². The van der Waals surface area contributed by atoms with E-state index >= 15 is 0 Å². The third-order valence-electron chi connectivity index (χ3n) is 4.54. The minimum absolute atomic E-state index is 0.0355. The van der Waals surface area contributed by atoms with E-state index in [9.17, 15) is 13.2 Å². The number of pyridine rings is 1. The zero-order valence-corrected chi connectivity index (χ0v) is 15.8. The quantitative estimate of drug-likeness (QED) is 0.872. The second-order valence-corrected chi connectivity index (χ2v) is 8.80. The lowest BCUT2D eigenvalue weighted by Gasteiger charge is -2.26. The highest BCUT2D eigenvalue weighted by Crippen LogP contribution is 2.22. The van der Waals surface area contributed by atoms with Crippen LogP contribution in [0.4, 0.5) is 11.4 Å². The molecule has 1 aliphatic heterocycles. The molecule has 0 aliphatic carbocycles. The summed E-state index contributed by atoms with van der Waals surface area (Å²) in [5.74, 6) is -0.0556. The van der Waals surface area contributed by atoms with Gasteiger partial charge in [0, 0.05) is 30.2 Å². The number of carbonyl (C=O) groups excluding carboxylic acids is 1. The molecule has 1 fully saturated rings. The maximum Gasteiger partial charge on any atom is 0.272 e. The minimum atomic E-state index is -3.05. The molecule has 1 unspecified atom stereocenters. The van der Waals surface area contributed by atoms with Crippen LogP contribution in [0.1, 0.15) is 29.4 Å². The molecule has 1 aromatic carbocycles. The first-order valence-electron chi connectivity index (χ1n) is 8.69. The van der Waals surface area contributed by atoms with Crippen molar-refractivity contribution in [2.75, 3.05) is 23.4 Å². The fourth-order valence-electron chi connectivity index (χ4n) is 3.25. The Labute approximate surface area is 154 Å². The van der Waals surface area contributed by atoms with Crippen LogP contribution in [-0.2, 0) is 9.84 Å². The van der Waals surface area contributed by atoms with Crippen LogP contribution in [0.25, 0.3) is 0 Å². The summed E-state index contributed by atoms with van der Waals surface area (Å²) in [7, 11) is -3.05. The normalized spacial score (nSPS) is 18.5. The van der Waals surface area contributed by atoms with Crippen molar-refractivity contribution in [2.24, 2.45) is 0 Å². The summed E-state index contributed by atoms with van der Waals surface area (Å²) in [5.41, 5.74) is 3.15. The standard InChI is InChI=1S/C19H23N3O3S/c1-3-22(17-8-10-26(24,25)13-17)19(23)18-12-16(7-9-20-18)21-15-6-4-5-14(2)11-15/h4-7,9,11-12,17H,3,8,10,13H2,1-2H3,(H,20,21). The van der Waals surface area contributed by atoms with Gasteiger partial charge in [0.1, 0.15) is 5.69 Å². The largest absolute Gasteiger partial charge is 0.355 e. The SMILES string of the molecule is CCN(C(=O)c1cc(Nc2cccc(C)c2)ccn1)C1CCS(=O)(=O)C1. The van der Waals surface area contributed by atoms with E-state index in [1.165, 1.54) is 0 Å². The van der Waals surface area contributed by atoms with Crippen molar-refractivity contribution < 1.29 is 13.2 Å². The van der Waals surface area contributed by atoms with Crippen LogP contribution in [0.2, 0.25) is 0 Å². The molecular formula is C19H23N3O3S. The second-order valence-electron chi connectivity index (χ2n) is 6.57. The summed E-state index contributed by atoms with van der Waals surface area (Å²) in [6.07, 6.45) is 2.08. The van der Waals surface area contributed by atoms with Crippen LogP contribution >= 0.6 is 0 Å². The lowest BCUT2D eigenvalue weighted by molar-refractivity contribution is 0.0702. The fraction of sp³-hybridized carbons (Fsp3) is 0.368. The third kappa shape index (κ3) is 4.22. The van der Waals surface area contributed by atoms with Gasteiger partial charge in [0.05, 0.1) is 11.5 Å². The molecule has 1 atom stereocenters. The predicted molar refractivity (Wildman–Crippen MR) is 102 cm³/mol. The molecule has 2 aromatic rings. The van der Waals surface area contributed by atoms with E-state index in [1.54, 1.807) is 23.2 Å². The lowest BCUT2D eigenvalue weighted by atomic mass is 10.2. The van der Waals surface area contributed by atoms with Gasteiger partial charge in [-0.15, -0.1) is 0 Å². The van der Waals surface area contributed by atoms with Crippen molar-refractivity contribution in [3.05, 3.63) is 53.9 Å². The molecule has 6 nitrogen and oxygen atoms in total. The van der Waals surface area contributed by atoms with Gasteiger partial charge >= 0.3 is 0 Å². The summed E-state index contributed by atoms with van der Waals surface area (Å²) < 4.78 is 23.5. The Bertz CT molecular complexity index is 912. The first kappa shape index (κ1) is 18.4. The summed E-state index contributed by atoms with van der Waals surface area (Å²) in [5, 5.41) is 3.27. The fourth-order valence-corrected chi connectivity index (χ4v) is 4.98. The minimum Gasteiger partial charge on any atom is -0.355 e. The highest BCUT2D eigenvalue weighted by atomic mass is 32.2. The molecule has 0 bridgehead atoms. The molecule has 3 rings (SSSR count). The number of amides is 1. The van der Waals surface area contributed by atoms with Crippen LogP contribution < -0.4 is 5.32 Å². The van der Waals surface area contributed by atoms with Gasteiger partial charge in [0.15, 0.2) is 9.84 Å². The van der Waals surface area contributed by atoms with Gasteiger partial charge in [-0.2, -0.15) is 0 Å². The van der Waals surface area contributed by atoms with Gasteiger partial charge in [-0.25, -0.2) is 8.42 Å². The van der Waals surface area contributed by atoms with E-state index in [4.69, 9.17) is 0 Å². The van der Waals surface area contributed by atoms with Gasteiger partial charge in [-0.05, 0) is 50.1 Å². The van der Waals surface area contributed by atoms with E-state index in [1.807, 2.05) is 38.1 Å². The van der Waals surface area contributed by atoms with E-state index in [-0.39, 0.29) is 23.5 Å². The first-order chi connectivity index (χ1) is 12.4. The monoisotopic (exact) mass is 373 g/mol. The molecule has 0 spiro atoms. The molecule has 138 valence electrons. The smallest absolute Gasteiger partial charge is 0.272 e. The number of sulfone groups is 1. The Morgan fingerprint density at radius 3 is 2.69 bits per heavy atom. The zero-order valence-electron chi connectivity index (χ0n) is 15.0. The first-order valence-corrected chi connectivity index (χ1v) is 10.5. The molecule has 0 saturated carbocycles. The number of aryl methyl sites for hydroxylation is 1. The summed E-state index contributed by atoms with van der Waals surface area (Å²) in [6, 6.07) is 11.2. The highest BCUT2D eigenvalue weighted by molar-refractivity contribution is 7.91. The number of nitrogens with one attached hydrogen (secondary N) is 1. The summed E-state index contributed by atoms with van der Waals surface area (Å²) in [6.45, 7) is 4.33. The molecule has 1 N–H and O–H groups in total. The molecule has 1 saturated heterocycles. The Hall–Kier alpha value is -2.41. The Morgan fingerprint density at radius 2 is 2.04 bits per heavy atom. The van der Waals surface area contributed by atoms with Gasteiger partial charge in [0.2, 0.25) is 0 Å². The van der Waals surface area contributed by atoms with Crippen molar-refractivity contribution in [3.63, 3.8) is 0 Å². The number of hydrogen-bond donors (Lipinski definition) is 1. The average molecular weight is 373 g/mol. The van der Waals surface area contributed by atoms with Gasteiger partial charge < -0.3 is 10.2 Å². The van der Waals surface area contributed by atoms with Crippen molar-refractivity contribution in [3.8, 4) is 0 Å². The number of nitrogens with zero attached hydrogens (tertiary/aromatic N) is 2. The summed E-state index contributed by atoms with van der Waals surface area (Å²) in [4.78, 5) is 18.7. The van der Waals surface area contributed by atoms with E-state index < -0.39 is 9.84 Å². The van der Waals surface area contributed by atoms with E-state index in [2.05, 4.69) is 10.3 Å². The van der Waals surface area contributed by atoms with Crippen LogP contribution in [0.3, 0.4) is 0 Å². The maximum absolute atomic E-state index is 12.9. The molecular weight excluding hydrogens is 350 g/mol. The second kappa shape index (κ2) is 7.45. The van der Waals surface area contributed by atoms with Crippen LogP contribution in [0.15, 0.2) is 42.6 Å². The molecule has 26 heavy (non-hydrogen) atoms. The Balaban J connectivity index is 1.79. The molecule has 7 heteroatoms. The topological polar surface area (TPSA) is 79.4 Å². The molecule has 1 aliphatic rings. The number of benzene rings is 1. The maximum atomic E-state index is 12.9. The number of hydrogen-bond acceptors (Lipinski definition) is 5. The van der Waals surface area contributed by atoms with Crippen LogP contribution in [0.5, 0.6) is 0 Å².